The van der Waals surface area contributed by atoms with Crippen LogP contribution in [0.4, 0.5) is 5.69 Å². The van der Waals surface area contributed by atoms with E-state index in [1.165, 1.54) is 12.1 Å². The van der Waals surface area contributed by atoms with Gasteiger partial charge in [0.2, 0.25) is 5.89 Å². The van der Waals surface area contributed by atoms with Gasteiger partial charge in [0.1, 0.15) is 0 Å². The molecule has 0 aliphatic heterocycles. The second-order valence-electron chi connectivity index (χ2n) is 6.24. The smallest absolute Gasteiger partial charge is 0.338 e. The molecule has 9 heteroatoms. The van der Waals surface area contributed by atoms with Gasteiger partial charge in [0.05, 0.1) is 10.5 Å². The number of benzene rings is 2. The summed E-state index contributed by atoms with van der Waals surface area (Å²) in [6, 6.07) is 11.3. The molecule has 0 aliphatic carbocycles. The lowest BCUT2D eigenvalue weighted by Gasteiger charge is -2.11. The average Bonchev–Trinajstić information content (AvgIpc) is 3.05. The maximum Gasteiger partial charge on any atom is 0.338 e. The molecule has 146 valence electrons. The molecule has 1 heterocycles. The summed E-state index contributed by atoms with van der Waals surface area (Å²) in [7, 11) is -3.87. The van der Waals surface area contributed by atoms with Crippen LogP contribution in [-0.2, 0) is 21.4 Å². The molecule has 0 aliphatic rings. The Bertz CT molecular complexity index is 1120. The standard InChI is InChI=1S/C19H19N3O5S/c1-12-5-4-6-15(9-12)22-28(24,25)16-8-7-13(2)17(10-16)19(23)26-11-18-21-20-14(3)27-18/h4-10,22H,11H2,1-3H3. The molecule has 0 spiro atoms. The van der Waals surface area contributed by atoms with E-state index >= 15 is 0 Å². The van der Waals surface area contributed by atoms with Crippen molar-refractivity contribution in [1.82, 2.24) is 10.2 Å². The van der Waals surface area contributed by atoms with Crippen molar-refractivity contribution in [3.8, 4) is 0 Å². The monoisotopic (exact) mass is 401 g/mol. The minimum Gasteiger partial charge on any atom is -0.452 e. The molecule has 0 fully saturated rings. The Balaban J connectivity index is 1.80. The number of esters is 1. The average molecular weight is 401 g/mol. The molecule has 8 nitrogen and oxygen atoms in total. The molecule has 0 amide bonds. The van der Waals surface area contributed by atoms with Crippen LogP contribution in [-0.4, -0.2) is 24.6 Å². The zero-order valence-corrected chi connectivity index (χ0v) is 16.4. The summed E-state index contributed by atoms with van der Waals surface area (Å²) in [6.45, 7) is 4.98. The highest BCUT2D eigenvalue weighted by atomic mass is 32.2. The van der Waals surface area contributed by atoms with Crippen LogP contribution in [0.3, 0.4) is 0 Å². The number of nitrogens with zero attached hydrogens (tertiary/aromatic N) is 2. The largest absolute Gasteiger partial charge is 0.452 e. The van der Waals surface area contributed by atoms with Gasteiger partial charge in [-0.15, -0.1) is 10.2 Å². The van der Waals surface area contributed by atoms with Crippen LogP contribution in [0.5, 0.6) is 0 Å². The van der Waals surface area contributed by atoms with Crippen LogP contribution in [0.25, 0.3) is 0 Å². The summed E-state index contributed by atoms with van der Waals surface area (Å²) in [6.07, 6.45) is 0. The molecular formula is C19H19N3O5S. The van der Waals surface area contributed by atoms with Crippen molar-refractivity contribution in [3.63, 3.8) is 0 Å². The number of aryl methyl sites for hydroxylation is 3. The van der Waals surface area contributed by atoms with Gasteiger partial charge in [0, 0.05) is 12.6 Å². The number of hydrogen-bond acceptors (Lipinski definition) is 7. The van der Waals surface area contributed by atoms with Crippen LogP contribution in [0.2, 0.25) is 0 Å². The van der Waals surface area contributed by atoms with Gasteiger partial charge >= 0.3 is 5.97 Å². The lowest BCUT2D eigenvalue weighted by Crippen LogP contribution is -2.15. The van der Waals surface area contributed by atoms with E-state index in [4.69, 9.17) is 9.15 Å². The Hall–Kier alpha value is -3.20. The fourth-order valence-electron chi connectivity index (χ4n) is 2.51. The van der Waals surface area contributed by atoms with Gasteiger partial charge in [-0.1, -0.05) is 18.2 Å². The Morgan fingerprint density at radius 2 is 1.89 bits per heavy atom. The Kier molecular flexibility index (Phi) is 5.46. The number of carbonyl (C=O) groups is 1. The number of aromatic nitrogens is 2. The molecule has 0 radical (unpaired) electrons. The first-order valence-corrected chi connectivity index (χ1v) is 9.89. The predicted molar refractivity (Wildman–Crippen MR) is 101 cm³/mol. The number of ether oxygens (including phenoxy) is 1. The van der Waals surface area contributed by atoms with Gasteiger partial charge in [-0.25, -0.2) is 13.2 Å². The Morgan fingerprint density at radius 3 is 2.57 bits per heavy atom. The van der Waals surface area contributed by atoms with Crippen LogP contribution in [0.1, 0.15) is 33.3 Å². The summed E-state index contributed by atoms with van der Waals surface area (Å²) in [4.78, 5) is 12.4. The number of nitrogens with one attached hydrogen (secondary N) is 1. The van der Waals surface area contributed by atoms with Crippen molar-refractivity contribution in [2.24, 2.45) is 0 Å². The number of anilines is 1. The molecule has 1 aromatic heterocycles. The zero-order chi connectivity index (χ0) is 20.3. The van der Waals surface area contributed by atoms with Gasteiger partial charge < -0.3 is 9.15 Å². The maximum absolute atomic E-state index is 12.7. The van der Waals surface area contributed by atoms with Crippen molar-refractivity contribution >= 4 is 21.7 Å². The molecule has 0 saturated carbocycles. The summed E-state index contributed by atoms with van der Waals surface area (Å²) < 4.78 is 38.2. The second kappa shape index (κ2) is 7.81. The second-order valence-corrected chi connectivity index (χ2v) is 7.93. The molecule has 3 rings (SSSR count). The number of rotatable bonds is 6. The first-order chi connectivity index (χ1) is 13.2. The van der Waals surface area contributed by atoms with E-state index in [9.17, 15) is 13.2 Å². The molecule has 3 aromatic rings. The SMILES string of the molecule is Cc1cccc(NS(=O)(=O)c2ccc(C)c(C(=O)OCc3nnc(C)o3)c2)c1. The molecule has 28 heavy (non-hydrogen) atoms. The Labute approximate surface area is 162 Å². The van der Waals surface area contributed by atoms with Gasteiger partial charge in [-0.05, 0) is 49.2 Å². The Morgan fingerprint density at radius 1 is 1.11 bits per heavy atom. The zero-order valence-electron chi connectivity index (χ0n) is 15.6. The molecule has 0 bridgehead atoms. The van der Waals surface area contributed by atoms with Crippen molar-refractivity contribution < 1.29 is 22.4 Å². The minimum absolute atomic E-state index is 0.0415. The fourth-order valence-corrected chi connectivity index (χ4v) is 3.59. The third-order valence-electron chi connectivity index (χ3n) is 3.90. The van der Waals surface area contributed by atoms with E-state index in [1.54, 1.807) is 38.1 Å². The van der Waals surface area contributed by atoms with Crippen LogP contribution in [0, 0.1) is 20.8 Å². The highest BCUT2D eigenvalue weighted by Crippen LogP contribution is 2.21. The van der Waals surface area contributed by atoms with E-state index in [0.29, 0.717) is 17.1 Å². The van der Waals surface area contributed by atoms with Crippen LogP contribution in [0.15, 0.2) is 51.8 Å². The van der Waals surface area contributed by atoms with Crippen molar-refractivity contribution in [2.45, 2.75) is 32.3 Å². The lowest BCUT2D eigenvalue weighted by molar-refractivity contribution is 0.0435. The van der Waals surface area contributed by atoms with Crippen LogP contribution >= 0.6 is 0 Å². The first-order valence-electron chi connectivity index (χ1n) is 8.41. The quantitative estimate of drug-likeness (QED) is 0.632. The molecule has 0 saturated heterocycles. The van der Waals surface area contributed by atoms with Gasteiger partial charge in [-0.2, -0.15) is 0 Å². The summed E-state index contributed by atoms with van der Waals surface area (Å²) >= 11 is 0. The minimum atomic E-state index is -3.87. The van der Waals surface area contributed by atoms with E-state index in [0.717, 1.165) is 5.56 Å². The highest BCUT2D eigenvalue weighted by Gasteiger charge is 2.19. The van der Waals surface area contributed by atoms with Crippen molar-refractivity contribution in [1.29, 1.82) is 0 Å². The van der Waals surface area contributed by atoms with E-state index in [2.05, 4.69) is 14.9 Å². The van der Waals surface area contributed by atoms with E-state index in [-0.39, 0.29) is 23.0 Å². The molecule has 0 unspecified atom stereocenters. The highest BCUT2D eigenvalue weighted by molar-refractivity contribution is 7.92. The first kappa shape index (κ1) is 19.6. The molecular weight excluding hydrogens is 382 g/mol. The van der Waals surface area contributed by atoms with Crippen molar-refractivity contribution in [2.75, 3.05) is 4.72 Å². The van der Waals surface area contributed by atoms with Crippen molar-refractivity contribution in [3.05, 3.63) is 70.9 Å². The topological polar surface area (TPSA) is 111 Å². The maximum atomic E-state index is 12.7. The molecule has 0 atom stereocenters. The third kappa shape index (κ3) is 4.55. The lowest BCUT2D eigenvalue weighted by atomic mass is 10.1. The summed E-state index contributed by atoms with van der Waals surface area (Å²) in [5, 5.41) is 7.40. The van der Waals surface area contributed by atoms with E-state index in [1.807, 2.05) is 13.0 Å². The molecule has 2 aromatic carbocycles. The van der Waals surface area contributed by atoms with Gasteiger partial charge in [0.25, 0.3) is 15.9 Å². The predicted octanol–water partition coefficient (Wildman–Crippen LogP) is 3.15. The normalized spacial score (nSPS) is 11.2. The summed E-state index contributed by atoms with van der Waals surface area (Å²) in [5.41, 5.74) is 2.09. The van der Waals surface area contributed by atoms with Gasteiger partial charge in [-0.3, -0.25) is 4.72 Å². The molecule has 1 N–H and O–H groups in total. The summed E-state index contributed by atoms with van der Waals surface area (Å²) in [5.74, 6) is -0.160. The van der Waals surface area contributed by atoms with Crippen LogP contribution < -0.4 is 4.72 Å². The number of hydrogen-bond donors (Lipinski definition) is 1. The number of sulfonamides is 1. The van der Waals surface area contributed by atoms with E-state index < -0.39 is 16.0 Å². The fraction of sp³-hybridized carbons (Fsp3) is 0.211. The van der Waals surface area contributed by atoms with Gasteiger partial charge in [0.15, 0.2) is 6.61 Å². The third-order valence-corrected chi connectivity index (χ3v) is 5.28. The number of carbonyl (C=O) groups excluding carboxylic acids is 1.